The minimum atomic E-state index is -0.300. The molecule has 0 spiro atoms. The van der Waals surface area contributed by atoms with Crippen LogP contribution >= 0.6 is 11.6 Å². The van der Waals surface area contributed by atoms with Gasteiger partial charge in [-0.1, -0.05) is 11.6 Å². The van der Waals surface area contributed by atoms with Crippen LogP contribution in [0, 0.1) is 6.92 Å². The number of pyridine rings is 1. The number of ether oxygens (including phenoxy) is 1. The van der Waals surface area contributed by atoms with E-state index in [0.29, 0.717) is 28.8 Å². The Balaban J connectivity index is 1.67. The summed E-state index contributed by atoms with van der Waals surface area (Å²) in [5.41, 5.74) is 2.80. The Kier molecular flexibility index (Phi) is 5.83. The van der Waals surface area contributed by atoms with E-state index in [0.717, 1.165) is 11.1 Å². The van der Waals surface area contributed by atoms with Crippen molar-refractivity contribution in [2.45, 2.75) is 13.5 Å². The van der Waals surface area contributed by atoms with Gasteiger partial charge in [-0.25, -0.2) is 9.97 Å². The van der Waals surface area contributed by atoms with Crippen molar-refractivity contribution in [1.29, 1.82) is 0 Å². The molecule has 3 rings (SSSR count). The van der Waals surface area contributed by atoms with Gasteiger partial charge in [0.2, 0.25) is 0 Å². The zero-order valence-electron chi connectivity index (χ0n) is 14.9. The molecule has 2 aromatic heterocycles. The lowest BCUT2D eigenvalue weighted by molar-refractivity contribution is 0.0945. The molecule has 3 aromatic rings. The van der Waals surface area contributed by atoms with Crippen molar-refractivity contribution < 1.29 is 9.53 Å². The fraction of sp³-hybridized carbons (Fsp3) is 0.158. The fourth-order valence-electron chi connectivity index (χ4n) is 2.35. The summed E-state index contributed by atoms with van der Waals surface area (Å²) >= 11 is 6.11. The van der Waals surface area contributed by atoms with E-state index in [-0.39, 0.29) is 11.6 Å². The standard InChI is InChI=1S/C19H18ClN5O2/c1-12-7-15(17(27-2)8-14(12)20)25-18-11-22-16(10-23-18)19(26)24-9-13-3-5-21-6-4-13/h3-8,10-11H,9H2,1-2H3,(H,23,25)(H,24,26). The highest BCUT2D eigenvalue weighted by Gasteiger charge is 2.10. The van der Waals surface area contributed by atoms with Gasteiger partial charge in [0, 0.05) is 30.0 Å². The van der Waals surface area contributed by atoms with E-state index in [9.17, 15) is 4.79 Å². The number of halogens is 1. The van der Waals surface area contributed by atoms with Crippen molar-refractivity contribution in [3.63, 3.8) is 0 Å². The molecule has 0 unspecified atom stereocenters. The number of benzene rings is 1. The fourth-order valence-corrected chi connectivity index (χ4v) is 2.50. The highest BCUT2D eigenvalue weighted by atomic mass is 35.5. The second-order valence-electron chi connectivity index (χ2n) is 5.75. The Labute approximate surface area is 161 Å². The maximum absolute atomic E-state index is 12.2. The van der Waals surface area contributed by atoms with E-state index in [1.165, 1.54) is 12.4 Å². The van der Waals surface area contributed by atoms with Crippen LogP contribution in [-0.2, 0) is 6.54 Å². The lowest BCUT2D eigenvalue weighted by Gasteiger charge is -2.12. The van der Waals surface area contributed by atoms with Crippen LogP contribution in [0.5, 0.6) is 5.75 Å². The van der Waals surface area contributed by atoms with Gasteiger partial charge in [-0.2, -0.15) is 0 Å². The van der Waals surface area contributed by atoms with Crippen LogP contribution in [0.15, 0.2) is 49.1 Å². The number of nitrogens with zero attached hydrogens (tertiary/aromatic N) is 3. The van der Waals surface area contributed by atoms with Gasteiger partial charge >= 0.3 is 0 Å². The molecule has 0 aliphatic rings. The summed E-state index contributed by atoms with van der Waals surface area (Å²) in [7, 11) is 1.56. The Morgan fingerprint density at radius 2 is 1.96 bits per heavy atom. The monoisotopic (exact) mass is 383 g/mol. The molecule has 1 amide bonds. The molecule has 0 saturated carbocycles. The first-order valence-corrected chi connectivity index (χ1v) is 8.55. The maximum Gasteiger partial charge on any atom is 0.271 e. The van der Waals surface area contributed by atoms with Crippen LogP contribution in [-0.4, -0.2) is 28.0 Å². The van der Waals surface area contributed by atoms with E-state index >= 15 is 0 Å². The van der Waals surface area contributed by atoms with Crippen molar-refractivity contribution in [2.24, 2.45) is 0 Å². The van der Waals surface area contributed by atoms with Gasteiger partial charge in [-0.15, -0.1) is 0 Å². The van der Waals surface area contributed by atoms with Gasteiger partial charge in [0.25, 0.3) is 5.91 Å². The van der Waals surface area contributed by atoms with E-state index in [2.05, 4.69) is 25.6 Å². The summed E-state index contributed by atoms with van der Waals surface area (Å²) < 4.78 is 5.33. The molecule has 0 aliphatic heterocycles. The summed E-state index contributed by atoms with van der Waals surface area (Å²) in [5.74, 6) is 0.776. The average molecular weight is 384 g/mol. The lowest BCUT2D eigenvalue weighted by Crippen LogP contribution is -2.24. The second-order valence-corrected chi connectivity index (χ2v) is 6.16. The smallest absolute Gasteiger partial charge is 0.271 e. The molecule has 27 heavy (non-hydrogen) atoms. The molecule has 138 valence electrons. The predicted octanol–water partition coefficient (Wildman–Crippen LogP) is 3.52. The van der Waals surface area contributed by atoms with Gasteiger partial charge in [-0.05, 0) is 36.2 Å². The molecular formula is C19H18ClN5O2. The number of aromatic nitrogens is 3. The van der Waals surface area contributed by atoms with Crippen molar-refractivity contribution in [3.05, 3.63) is 70.9 Å². The summed E-state index contributed by atoms with van der Waals surface area (Å²) in [5, 5.41) is 6.53. The SMILES string of the molecule is COc1cc(Cl)c(C)cc1Nc1cnc(C(=O)NCc2ccncc2)cn1. The van der Waals surface area contributed by atoms with Gasteiger partial charge in [0.1, 0.15) is 17.3 Å². The number of anilines is 2. The third-order valence-electron chi connectivity index (χ3n) is 3.83. The van der Waals surface area contributed by atoms with Gasteiger partial charge in [-0.3, -0.25) is 9.78 Å². The van der Waals surface area contributed by atoms with Crippen LogP contribution in [0.1, 0.15) is 21.6 Å². The molecule has 0 atom stereocenters. The maximum atomic E-state index is 12.2. The van der Waals surface area contributed by atoms with E-state index in [1.54, 1.807) is 25.6 Å². The summed E-state index contributed by atoms with van der Waals surface area (Å²) in [6.45, 7) is 2.29. The molecule has 0 saturated heterocycles. The number of nitrogens with one attached hydrogen (secondary N) is 2. The number of carbonyl (C=O) groups excluding carboxylic acids is 1. The number of aryl methyl sites for hydroxylation is 1. The summed E-state index contributed by atoms with van der Waals surface area (Å²) in [6, 6.07) is 7.26. The number of rotatable bonds is 6. The molecule has 7 nitrogen and oxygen atoms in total. The first-order valence-electron chi connectivity index (χ1n) is 8.17. The zero-order chi connectivity index (χ0) is 19.2. The average Bonchev–Trinajstić information content (AvgIpc) is 2.70. The van der Waals surface area contributed by atoms with E-state index in [4.69, 9.17) is 16.3 Å². The molecule has 2 N–H and O–H groups in total. The van der Waals surface area contributed by atoms with Crippen LogP contribution in [0.25, 0.3) is 0 Å². The first-order chi connectivity index (χ1) is 13.1. The third kappa shape index (κ3) is 4.71. The number of hydrogen-bond acceptors (Lipinski definition) is 6. The normalized spacial score (nSPS) is 10.3. The first kappa shape index (κ1) is 18.6. The molecule has 8 heteroatoms. The van der Waals surface area contributed by atoms with Crippen molar-refractivity contribution >= 4 is 29.0 Å². The van der Waals surface area contributed by atoms with Gasteiger partial charge in [0.05, 0.1) is 25.2 Å². The molecule has 0 radical (unpaired) electrons. The molecule has 2 heterocycles. The largest absolute Gasteiger partial charge is 0.495 e. The predicted molar refractivity (Wildman–Crippen MR) is 103 cm³/mol. The number of hydrogen-bond donors (Lipinski definition) is 2. The molecule has 0 bridgehead atoms. The Morgan fingerprint density at radius 3 is 2.63 bits per heavy atom. The van der Waals surface area contributed by atoms with Crippen LogP contribution in [0.3, 0.4) is 0 Å². The van der Waals surface area contributed by atoms with Crippen molar-refractivity contribution in [2.75, 3.05) is 12.4 Å². The van der Waals surface area contributed by atoms with Crippen molar-refractivity contribution in [1.82, 2.24) is 20.3 Å². The number of carbonyl (C=O) groups is 1. The third-order valence-corrected chi connectivity index (χ3v) is 4.24. The van der Waals surface area contributed by atoms with Gasteiger partial charge < -0.3 is 15.4 Å². The van der Waals surface area contributed by atoms with Crippen LogP contribution in [0.4, 0.5) is 11.5 Å². The Hall–Kier alpha value is -3.19. The second kappa shape index (κ2) is 8.46. The van der Waals surface area contributed by atoms with Crippen LogP contribution in [0.2, 0.25) is 5.02 Å². The molecule has 0 fully saturated rings. The zero-order valence-corrected chi connectivity index (χ0v) is 15.6. The van der Waals surface area contributed by atoms with Crippen LogP contribution < -0.4 is 15.4 Å². The molecule has 0 aliphatic carbocycles. The van der Waals surface area contributed by atoms with Crippen molar-refractivity contribution in [3.8, 4) is 5.75 Å². The quantitative estimate of drug-likeness (QED) is 0.677. The van der Waals surface area contributed by atoms with E-state index < -0.39 is 0 Å². The minimum absolute atomic E-state index is 0.230. The van der Waals surface area contributed by atoms with Gasteiger partial charge in [0.15, 0.2) is 0 Å². The highest BCUT2D eigenvalue weighted by Crippen LogP contribution is 2.32. The minimum Gasteiger partial charge on any atom is -0.495 e. The molecule has 1 aromatic carbocycles. The number of amides is 1. The summed E-state index contributed by atoms with van der Waals surface area (Å²) in [4.78, 5) is 24.5. The highest BCUT2D eigenvalue weighted by molar-refractivity contribution is 6.31. The summed E-state index contributed by atoms with van der Waals surface area (Å²) in [6.07, 6.45) is 6.26. The molecular weight excluding hydrogens is 366 g/mol. The Bertz CT molecular complexity index is 933. The Morgan fingerprint density at radius 1 is 1.19 bits per heavy atom. The van der Waals surface area contributed by atoms with E-state index in [1.807, 2.05) is 25.1 Å². The number of methoxy groups -OCH3 is 1. The lowest BCUT2D eigenvalue weighted by atomic mass is 10.2. The topological polar surface area (TPSA) is 89.0 Å².